The van der Waals surface area contributed by atoms with Gasteiger partial charge in [0.2, 0.25) is 0 Å². The van der Waals surface area contributed by atoms with Crippen molar-refractivity contribution in [3.8, 4) is 33.1 Å². The van der Waals surface area contributed by atoms with Crippen LogP contribution in [0.15, 0.2) is 71.8 Å². The predicted molar refractivity (Wildman–Crippen MR) is 125 cm³/mol. The Morgan fingerprint density at radius 3 is 2.42 bits per heavy atom. The second kappa shape index (κ2) is 8.70. The van der Waals surface area contributed by atoms with Crippen LogP contribution in [-0.4, -0.2) is 25.0 Å². The average Bonchev–Trinajstić information content (AvgIpc) is 3.16. The summed E-state index contributed by atoms with van der Waals surface area (Å²) >= 11 is 1.56. The molecule has 0 spiro atoms. The van der Waals surface area contributed by atoms with E-state index in [9.17, 15) is 8.42 Å². The third-order valence-corrected chi connectivity index (χ3v) is 7.30. The molecule has 4 rings (SSSR count). The van der Waals surface area contributed by atoms with Crippen molar-refractivity contribution in [3.63, 3.8) is 0 Å². The molecule has 0 atom stereocenters. The van der Waals surface area contributed by atoms with Crippen molar-refractivity contribution < 1.29 is 12.6 Å². The summed E-state index contributed by atoms with van der Waals surface area (Å²) in [6.07, 6.45) is 1.83. The standard InChI is InChI=1S/C24H22N2O3S2/c1-4-29-31(27,28)20-12-10-16(2)21(14-20)23-17(3)30-24(26-23)19-11-13-22(25-15-19)18-8-6-5-7-9-18/h5-15H,4H2,1-3H3. The predicted octanol–water partition coefficient (Wildman–Crippen LogP) is 5.88. The van der Waals surface area contributed by atoms with Crippen molar-refractivity contribution in [2.45, 2.75) is 25.7 Å². The summed E-state index contributed by atoms with van der Waals surface area (Å²) in [5.74, 6) is 0. The van der Waals surface area contributed by atoms with Crippen molar-refractivity contribution in [1.29, 1.82) is 0 Å². The molecule has 0 unspecified atom stereocenters. The van der Waals surface area contributed by atoms with Gasteiger partial charge < -0.3 is 0 Å². The lowest BCUT2D eigenvalue weighted by Crippen LogP contribution is -2.06. The van der Waals surface area contributed by atoms with Gasteiger partial charge in [-0.1, -0.05) is 36.4 Å². The molecule has 0 aliphatic heterocycles. The zero-order valence-corrected chi connectivity index (χ0v) is 19.1. The Labute approximate surface area is 186 Å². The van der Waals surface area contributed by atoms with Crippen LogP contribution in [-0.2, 0) is 14.3 Å². The van der Waals surface area contributed by atoms with Gasteiger partial charge in [-0.25, -0.2) is 4.98 Å². The highest BCUT2D eigenvalue weighted by Gasteiger charge is 2.19. The van der Waals surface area contributed by atoms with Gasteiger partial charge in [0.05, 0.1) is 22.9 Å². The van der Waals surface area contributed by atoms with E-state index in [1.54, 1.807) is 36.5 Å². The van der Waals surface area contributed by atoms with E-state index in [0.29, 0.717) is 0 Å². The molecule has 4 aromatic rings. The van der Waals surface area contributed by atoms with E-state index in [4.69, 9.17) is 9.17 Å². The maximum Gasteiger partial charge on any atom is 0.296 e. The summed E-state index contributed by atoms with van der Waals surface area (Å²) in [6, 6.07) is 19.0. The van der Waals surface area contributed by atoms with Gasteiger partial charge in [-0.15, -0.1) is 11.3 Å². The summed E-state index contributed by atoms with van der Waals surface area (Å²) in [5, 5.41) is 0.845. The molecule has 7 heteroatoms. The van der Waals surface area contributed by atoms with Crippen LogP contribution in [0.4, 0.5) is 0 Å². The summed E-state index contributed by atoms with van der Waals surface area (Å²) in [4.78, 5) is 10.6. The Balaban J connectivity index is 1.70. The lowest BCUT2D eigenvalue weighted by atomic mass is 10.1. The second-order valence-corrected chi connectivity index (χ2v) is 9.88. The highest BCUT2D eigenvalue weighted by Crippen LogP contribution is 2.36. The maximum absolute atomic E-state index is 12.3. The molecule has 158 valence electrons. The molecular formula is C24H22N2O3S2. The minimum Gasteiger partial charge on any atom is -0.267 e. The highest BCUT2D eigenvalue weighted by atomic mass is 32.2. The quantitative estimate of drug-likeness (QED) is 0.343. The van der Waals surface area contributed by atoms with E-state index < -0.39 is 10.1 Å². The molecule has 0 saturated carbocycles. The third kappa shape index (κ3) is 4.44. The van der Waals surface area contributed by atoms with Crippen LogP contribution < -0.4 is 0 Å². The average molecular weight is 451 g/mol. The number of nitrogens with zero attached hydrogens (tertiary/aromatic N) is 2. The molecule has 31 heavy (non-hydrogen) atoms. The van der Waals surface area contributed by atoms with Crippen molar-refractivity contribution in [2.75, 3.05) is 6.61 Å². The van der Waals surface area contributed by atoms with E-state index >= 15 is 0 Å². The first kappa shape index (κ1) is 21.4. The fourth-order valence-electron chi connectivity index (χ4n) is 3.30. The maximum atomic E-state index is 12.3. The Morgan fingerprint density at radius 1 is 0.968 bits per heavy atom. The number of rotatable bonds is 6. The van der Waals surface area contributed by atoms with Crippen LogP contribution in [0.3, 0.4) is 0 Å². The number of aromatic nitrogens is 2. The van der Waals surface area contributed by atoms with Gasteiger partial charge in [-0.2, -0.15) is 8.42 Å². The van der Waals surface area contributed by atoms with E-state index in [1.165, 1.54) is 0 Å². The van der Waals surface area contributed by atoms with Crippen molar-refractivity contribution >= 4 is 21.5 Å². The molecule has 0 N–H and O–H groups in total. The number of thiazole rings is 1. The molecule has 0 amide bonds. The van der Waals surface area contributed by atoms with Gasteiger partial charge in [0.25, 0.3) is 10.1 Å². The minimum atomic E-state index is -3.78. The monoisotopic (exact) mass is 450 g/mol. The molecule has 0 radical (unpaired) electrons. The molecule has 2 heterocycles. The Morgan fingerprint density at radius 2 is 1.74 bits per heavy atom. The fourth-order valence-corrected chi connectivity index (χ4v) is 5.17. The van der Waals surface area contributed by atoms with E-state index in [0.717, 1.165) is 43.5 Å². The van der Waals surface area contributed by atoms with Crippen LogP contribution in [0, 0.1) is 13.8 Å². The van der Waals surface area contributed by atoms with Crippen LogP contribution >= 0.6 is 11.3 Å². The van der Waals surface area contributed by atoms with Gasteiger partial charge >= 0.3 is 0 Å². The first-order valence-corrected chi connectivity index (χ1v) is 12.1. The first-order valence-electron chi connectivity index (χ1n) is 9.89. The molecule has 0 fully saturated rings. The van der Waals surface area contributed by atoms with Crippen molar-refractivity contribution in [2.24, 2.45) is 0 Å². The minimum absolute atomic E-state index is 0.0946. The van der Waals surface area contributed by atoms with Crippen molar-refractivity contribution in [3.05, 3.63) is 77.3 Å². The number of pyridine rings is 1. The number of aryl methyl sites for hydroxylation is 2. The fraction of sp³-hybridized carbons (Fsp3) is 0.167. The summed E-state index contributed by atoms with van der Waals surface area (Å²) < 4.78 is 29.6. The number of benzene rings is 2. The molecule has 2 aromatic heterocycles. The van der Waals surface area contributed by atoms with E-state index in [1.807, 2.05) is 62.5 Å². The Kier molecular flexibility index (Phi) is 6.00. The highest BCUT2D eigenvalue weighted by molar-refractivity contribution is 7.86. The summed E-state index contributed by atoms with van der Waals surface area (Å²) in [7, 11) is -3.78. The number of hydrogen-bond acceptors (Lipinski definition) is 6. The van der Waals surface area contributed by atoms with Gasteiger partial charge in [-0.3, -0.25) is 9.17 Å². The summed E-state index contributed by atoms with van der Waals surface area (Å²) in [6.45, 7) is 5.69. The van der Waals surface area contributed by atoms with Gasteiger partial charge in [-0.05, 0) is 50.6 Å². The molecular weight excluding hydrogens is 428 g/mol. The van der Waals surface area contributed by atoms with Gasteiger partial charge in [0, 0.05) is 27.8 Å². The van der Waals surface area contributed by atoms with Crippen LogP contribution in [0.1, 0.15) is 17.4 Å². The number of hydrogen-bond donors (Lipinski definition) is 0. The van der Waals surface area contributed by atoms with Crippen molar-refractivity contribution in [1.82, 2.24) is 9.97 Å². The normalized spacial score (nSPS) is 11.6. The smallest absolute Gasteiger partial charge is 0.267 e. The van der Waals surface area contributed by atoms with Crippen LogP contribution in [0.2, 0.25) is 0 Å². The van der Waals surface area contributed by atoms with E-state index in [-0.39, 0.29) is 11.5 Å². The third-order valence-electron chi connectivity index (χ3n) is 4.90. The van der Waals surface area contributed by atoms with E-state index in [2.05, 4.69) is 4.98 Å². The zero-order chi connectivity index (χ0) is 22.0. The van der Waals surface area contributed by atoms with Gasteiger partial charge in [0.15, 0.2) is 0 Å². The Hall–Kier alpha value is -2.87. The van der Waals surface area contributed by atoms with Gasteiger partial charge in [0.1, 0.15) is 5.01 Å². The topological polar surface area (TPSA) is 69.2 Å². The molecule has 5 nitrogen and oxygen atoms in total. The van der Waals surface area contributed by atoms with Crippen LogP contribution in [0.5, 0.6) is 0 Å². The lowest BCUT2D eigenvalue weighted by molar-refractivity contribution is 0.338. The largest absolute Gasteiger partial charge is 0.296 e. The SMILES string of the molecule is CCOS(=O)(=O)c1ccc(C)c(-c2nc(-c3ccc(-c4ccccc4)nc3)sc2C)c1. The molecule has 0 aliphatic rings. The summed E-state index contributed by atoms with van der Waals surface area (Å²) in [5.41, 5.74) is 5.41. The second-order valence-electron chi connectivity index (χ2n) is 7.06. The lowest BCUT2D eigenvalue weighted by Gasteiger charge is -2.08. The first-order chi connectivity index (χ1) is 14.9. The molecule has 0 saturated heterocycles. The zero-order valence-electron chi connectivity index (χ0n) is 17.5. The molecule has 0 aliphatic carbocycles. The Bertz CT molecular complexity index is 1310. The van der Waals surface area contributed by atoms with Crippen LogP contribution in [0.25, 0.3) is 33.1 Å². The molecule has 2 aromatic carbocycles. The molecule has 0 bridgehead atoms.